The first kappa shape index (κ1) is 9.58. The first-order chi connectivity index (χ1) is 7.16. The Morgan fingerprint density at radius 1 is 1.20 bits per heavy atom. The van der Waals surface area contributed by atoms with Crippen molar-refractivity contribution < 1.29 is 4.39 Å². The molecular weight excluding hydrogens is 193 g/mol. The second kappa shape index (κ2) is 3.65. The van der Waals surface area contributed by atoms with Crippen molar-refractivity contribution in [2.75, 3.05) is 5.73 Å². The van der Waals surface area contributed by atoms with Gasteiger partial charge in [-0.1, -0.05) is 12.1 Å². The molecule has 76 valence electrons. The smallest absolute Gasteiger partial charge is 0.146 e. The Morgan fingerprint density at radius 2 is 2.00 bits per heavy atom. The summed E-state index contributed by atoms with van der Waals surface area (Å²) in [5.41, 5.74) is 7.73. The average Bonchev–Trinajstić information content (AvgIpc) is 2.17. The van der Waals surface area contributed by atoms with Crippen LogP contribution in [0.2, 0.25) is 0 Å². The molecule has 0 amide bonds. The molecule has 1 aromatic heterocycles. The van der Waals surface area contributed by atoms with Gasteiger partial charge in [0.25, 0.3) is 0 Å². The van der Waals surface area contributed by atoms with Crippen LogP contribution >= 0.6 is 0 Å². The van der Waals surface area contributed by atoms with Crippen LogP contribution in [0.4, 0.5) is 10.2 Å². The molecule has 15 heavy (non-hydrogen) atoms. The number of halogens is 1. The summed E-state index contributed by atoms with van der Waals surface area (Å²) >= 11 is 0. The molecule has 0 saturated carbocycles. The Bertz CT molecular complexity index is 497. The highest BCUT2D eigenvalue weighted by atomic mass is 19.1. The number of anilines is 1. The number of nitrogen functional groups attached to an aromatic ring is 1. The van der Waals surface area contributed by atoms with E-state index in [1.165, 1.54) is 12.1 Å². The Morgan fingerprint density at radius 3 is 2.67 bits per heavy atom. The third kappa shape index (κ3) is 1.93. The maximum atomic E-state index is 13.0. The second-order valence-electron chi connectivity index (χ2n) is 3.31. The fraction of sp³-hybridized carbons (Fsp3) is 0.0909. The van der Waals surface area contributed by atoms with Gasteiger partial charge in [0, 0.05) is 5.56 Å². The number of aryl methyl sites for hydroxylation is 1. The molecule has 0 aliphatic heterocycles. The molecule has 3 nitrogen and oxygen atoms in total. The molecule has 2 aromatic rings. The van der Waals surface area contributed by atoms with Crippen LogP contribution in [-0.2, 0) is 0 Å². The molecule has 0 bridgehead atoms. The average molecular weight is 203 g/mol. The van der Waals surface area contributed by atoms with Crippen molar-refractivity contribution in [2.24, 2.45) is 0 Å². The number of nitrogens with two attached hydrogens (primary N) is 1. The van der Waals surface area contributed by atoms with Gasteiger partial charge in [0.05, 0.1) is 5.69 Å². The van der Waals surface area contributed by atoms with E-state index in [2.05, 4.69) is 10.2 Å². The van der Waals surface area contributed by atoms with Crippen LogP contribution in [-0.4, -0.2) is 10.2 Å². The molecule has 2 rings (SSSR count). The van der Waals surface area contributed by atoms with Gasteiger partial charge in [-0.2, -0.15) is 0 Å². The molecule has 0 spiro atoms. The molecule has 4 heteroatoms. The molecule has 0 aliphatic carbocycles. The maximum absolute atomic E-state index is 13.0. The molecule has 0 unspecified atom stereocenters. The van der Waals surface area contributed by atoms with Crippen molar-refractivity contribution in [1.82, 2.24) is 10.2 Å². The van der Waals surface area contributed by atoms with E-state index in [1.807, 2.05) is 6.92 Å². The van der Waals surface area contributed by atoms with Crippen LogP contribution in [0.1, 0.15) is 5.56 Å². The molecule has 2 N–H and O–H groups in total. The SMILES string of the molecule is Cc1cc(N)nnc1-c1cccc(F)c1. The van der Waals surface area contributed by atoms with Gasteiger partial charge < -0.3 is 5.73 Å². The summed E-state index contributed by atoms with van der Waals surface area (Å²) in [6, 6.07) is 7.96. The van der Waals surface area contributed by atoms with Crippen LogP contribution in [0.25, 0.3) is 11.3 Å². The summed E-state index contributed by atoms with van der Waals surface area (Å²) in [6.07, 6.45) is 0. The summed E-state index contributed by atoms with van der Waals surface area (Å²) in [5, 5.41) is 7.70. The van der Waals surface area contributed by atoms with E-state index in [-0.39, 0.29) is 5.82 Å². The lowest BCUT2D eigenvalue weighted by molar-refractivity contribution is 0.628. The highest BCUT2D eigenvalue weighted by Crippen LogP contribution is 2.21. The predicted molar refractivity (Wildman–Crippen MR) is 56.6 cm³/mol. The van der Waals surface area contributed by atoms with Gasteiger partial charge in [0.1, 0.15) is 11.6 Å². The first-order valence-corrected chi connectivity index (χ1v) is 4.52. The number of benzene rings is 1. The van der Waals surface area contributed by atoms with Crippen LogP contribution in [0.15, 0.2) is 30.3 Å². The van der Waals surface area contributed by atoms with Crippen LogP contribution in [0.5, 0.6) is 0 Å². The summed E-state index contributed by atoms with van der Waals surface area (Å²) in [5.74, 6) is 0.0816. The minimum atomic E-state index is -0.287. The number of nitrogens with zero attached hydrogens (tertiary/aromatic N) is 2. The van der Waals surface area contributed by atoms with Crippen LogP contribution in [0.3, 0.4) is 0 Å². The fourth-order valence-corrected chi connectivity index (χ4v) is 1.43. The van der Waals surface area contributed by atoms with E-state index in [1.54, 1.807) is 18.2 Å². The van der Waals surface area contributed by atoms with Gasteiger partial charge in [0.2, 0.25) is 0 Å². The minimum absolute atomic E-state index is 0.287. The number of rotatable bonds is 1. The Labute approximate surface area is 86.8 Å². The Kier molecular flexibility index (Phi) is 2.33. The number of hydrogen-bond donors (Lipinski definition) is 1. The zero-order valence-electron chi connectivity index (χ0n) is 8.24. The van der Waals surface area contributed by atoms with Gasteiger partial charge in [-0.3, -0.25) is 0 Å². The largest absolute Gasteiger partial charge is 0.382 e. The normalized spacial score (nSPS) is 10.3. The van der Waals surface area contributed by atoms with Gasteiger partial charge in [-0.05, 0) is 30.7 Å². The molecule has 0 radical (unpaired) electrons. The van der Waals surface area contributed by atoms with E-state index < -0.39 is 0 Å². The summed E-state index contributed by atoms with van der Waals surface area (Å²) in [7, 11) is 0. The Balaban J connectivity index is 2.54. The third-order valence-corrected chi connectivity index (χ3v) is 2.10. The molecule has 0 atom stereocenters. The Hall–Kier alpha value is -1.97. The van der Waals surface area contributed by atoms with Crippen molar-refractivity contribution in [3.8, 4) is 11.3 Å². The van der Waals surface area contributed by atoms with Crippen molar-refractivity contribution >= 4 is 5.82 Å². The van der Waals surface area contributed by atoms with E-state index >= 15 is 0 Å². The van der Waals surface area contributed by atoms with Crippen LogP contribution < -0.4 is 5.73 Å². The molecule has 1 heterocycles. The third-order valence-electron chi connectivity index (χ3n) is 2.10. The van der Waals surface area contributed by atoms with E-state index in [4.69, 9.17) is 5.73 Å². The molecular formula is C11H10FN3. The van der Waals surface area contributed by atoms with E-state index in [9.17, 15) is 4.39 Å². The van der Waals surface area contributed by atoms with Gasteiger partial charge >= 0.3 is 0 Å². The maximum Gasteiger partial charge on any atom is 0.146 e. The first-order valence-electron chi connectivity index (χ1n) is 4.52. The van der Waals surface area contributed by atoms with Gasteiger partial charge in [-0.15, -0.1) is 10.2 Å². The van der Waals surface area contributed by atoms with E-state index in [0.29, 0.717) is 17.1 Å². The topological polar surface area (TPSA) is 51.8 Å². The lowest BCUT2D eigenvalue weighted by Crippen LogP contribution is -1.97. The van der Waals surface area contributed by atoms with E-state index in [0.717, 1.165) is 5.56 Å². The molecule has 1 aromatic carbocycles. The van der Waals surface area contributed by atoms with Crippen molar-refractivity contribution in [3.05, 3.63) is 41.7 Å². The van der Waals surface area contributed by atoms with Crippen LogP contribution in [0, 0.1) is 12.7 Å². The van der Waals surface area contributed by atoms with Gasteiger partial charge in [-0.25, -0.2) is 4.39 Å². The number of aromatic nitrogens is 2. The monoisotopic (exact) mass is 203 g/mol. The zero-order chi connectivity index (χ0) is 10.8. The standard InChI is InChI=1S/C11H10FN3/c1-7-5-10(13)14-15-11(7)8-3-2-4-9(12)6-8/h2-6H,1H3,(H2,13,14). The van der Waals surface area contributed by atoms with Crippen molar-refractivity contribution in [1.29, 1.82) is 0 Å². The lowest BCUT2D eigenvalue weighted by atomic mass is 10.1. The van der Waals surface area contributed by atoms with Crippen molar-refractivity contribution in [3.63, 3.8) is 0 Å². The minimum Gasteiger partial charge on any atom is -0.382 e. The second-order valence-corrected chi connectivity index (χ2v) is 3.31. The summed E-state index contributed by atoms with van der Waals surface area (Å²) in [6.45, 7) is 1.87. The predicted octanol–water partition coefficient (Wildman–Crippen LogP) is 2.17. The highest BCUT2D eigenvalue weighted by Gasteiger charge is 2.05. The quantitative estimate of drug-likeness (QED) is 0.772. The molecule has 0 aliphatic rings. The highest BCUT2D eigenvalue weighted by molar-refractivity contribution is 5.63. The molecule has 0 fully saturated rings. The van der Waals surface area contributed by atoms with Gasteiger partial charge in [0.15, 0.2) is 0 Å². The summed E-state index contributed by atoms with van der Waals surface area (Å²) in [4.78, 5) is 0. The molecule has 0 saturated heterocycles. The lowest BCUT2D eigenvalue weighted by Gasteiger charge is -2.04. The summed E-state index contributed by atoms with van der Waals surface area (Å²) < 4.78 is 13.0. The fourth-order valence-electron chi connectivity index (χ4n) is 1.43. The van der Waals surface area contributed by atoms with Crippen molar-refractivity contribution in [2.45, 2.75) is 6.92 Å². The number of hydrogen-bond acceptors (Lipinski definition) is 3. The zero-order valence-corrected chi connectivity index (χ0v) is 8.24.